The van der Waals surface area contributed by atoms with Crippen LogP contribution in [-0.2, 0) is 11.3 Å². The normalized spacial score (nSPS) is 10.1. The lowest BCUT2D eigenvalue weighted by Crippen LogP contribution is -2.38. The predicted molar refractivity (Wildman–Crippen MR) is 73.6 cm³/mol. The number of aliphatic carboxylic acids is 1. The lowest BCUT2D eigenvalue weighted by atomic mass is 10.2. The molecule has 19 heavy (non-hydrogen) atoms. The second-order valence-electron chi connectivity index (χ2n) is 3.96. The Kier molecular flexibility index (Phi) is 5.92. The second kappa shape index (κ2) is 7.21. The summed E-state index contributed by atoms with van der Waals surface area (Å²) in [6, 6.07) is 4.65. The van der Waals surface area contributed by atoms with Gasteiger partial charge in [-0.15, -0.1) is 0 Å². The van der Waals surface area contributed by atoms with Crippen molar-refractivity contribution >= 4 is 35.2 Å². The van der Waals surface area contributed by atoms with Crippen molar-refractivity contribution in [3.63, 3.8) is 0 Å². The largest absolute Gasteiger partial charge is 0.481 e. The molecule has 1 rings (SSSR count). The summed E-state index contributed by atoms with van der Waals surface area (Å²) in [5, 5.41) is 12.2. The number of carbonyl (C=O) groups excluding carboxylic acids is 1. The van der Waals surface area contributed by atoms with Crippen LogP contribution in [0.25, 0.3) is 0 Å². The highest BCUT2D eigenvalue weighted by molar-refractivity contribution is 6.35. The van der Waals surface area contributed by atoms with Gasteiger partial charge in [0, 0.05) is 30.2 Å². The van der Waals surface area contributed by atoms with Gasteiger partial charge < -0.3 is 15.3 Å². The van der Waals surface area contributed by atoms with Gasteiger partial charge in [0.1, 0.15) is 0 Å². The van der Waals surface area contributed by atoms with Crippen molar-refractivity contribution in [2.75, 3.05) is 13.6 Å². The molecule has 0 spiro atoms. The molecule has 0 radical (unpaired) electrons. The van der Waals surface area contributed by atoms with Crippen LogP contribution in [0, 0.1) is 0 Å². The molecule has 0 bridgehead atoms. The van der Waals surface area contributed by atoms with Gasteiger partial charge in [-0.2, -0.15) is 0 Å². The molecular formula is C12H14Cl2N2O3. The Morgan fingerprint density at radius 3 is 2.63 bits per heavy atom. The van der Waals surface area contributed by atoms with Crippen molar-refractivity contribution < 1.29 is 14.7 Å². The highest BCUT2D eigenvalue weighted by Gasteiger charge is 2.10. The smallest absolute Gasteiger partial charge is 0.317 e. The van der Waals surface area contributed by atoms with Gasteiger partial charge >= 0.3 is 12.0 Å². The van der Waals surface area contributed by atoms with Crippen LogP contribution in [0.5, 0.6) is 0 Å². The Morgan fingerprint density at radius 1 is 1.37 bits per heavy atom. The van der Waals surface area contributed by atoms with E-state index in [0.29, 0.717) is 10.0 Å². The Balaban J connectivity index is 2.47. The Morgan fingerprint density at radius 2 is 2.05 bits per heavy atom. The lowest BCUT2D eigenvalue weighted by molar-refractivity contribution is -0.137. The lowest BCUT2D eigenvalue weighted by Gasteiger charge is -2.17. The number of hydrogen-bond acceptors (Lipinski definition) is 2. The first-order valence-corrected chi connectivity index (χ1v) is 6.30. The summed E-state index contributed by atoms with van der Waals surface area (Å²) in [7, 11) is 1.53. The molecule has 0 saturated heterocycles. The fourth-order valence-electron chi connectivity index (χ4n) is 1.34. The van der Waals surface area contributed by atoms with Crippen LogP contribution in [0.4, 0.5) is 4.79 Å². The predicted octanol–water partition coefficient (Wildman–Crippen LogP) is 2.61. The maximum absolute atomic E-state index is 11.7. The van der Waals surface area contributed by atoms with E-state index in [1.54, 1.807) is 18.2 Å². The first-order chi connectivity index (χ1) is 8.90. The van der Waals surface area contributed by atoms with Crippen LogP contribution in [0.1, 0.15) is 12.0 Å². The number of carbonyl (C=O) groups is 2. The van der Waals surface area contributed by atoms with E-state index in [4.69, 9.17) is 28.3 Å². The molecule has 0 aromatic heterocycles. The average Bonchev–Trinajstić information content (AvgIpc) is 2.34. The number of carboxylic acids is 1. The average molecular weight is 305 g/mol. The third kappa shape index (κ3) is 5.36. The molecule has 0 aliphatic rings. The Labute approximate surface area is 121 Å². The van der Waals surface area contributed by atoms with Crippen LogP contribution in [0.3, 0.4) is 0 Å². The van der Waals surface area contributed by atoms with Gasteiger partial charge in [0.2, 0.25) is 0 Å². The number of carboxylic acid groups (broad SMARTS) is 1. The third-order valence-electron chi connectivity index (χ3n) is 2.45. The van der Waals surface area contributed by atoms with Crippen molar-refractivity contribution in [2.24, 2.45) is 0 Å². The number of urea groups is 1. The van der Waals surface area contributed by atoms with Gasteiger partial charge in [-0.1, -0.05) is 29.3 Å². The Bertz CT molecular complexity index is 480. The van der Waals surface area contributed by atoms with Crippen molar-refractivity contribution in [1.29, 1.82) is 0 Å². The summed E-state index contributed by atoms with van der Waals surface area (Å²) in [4.78, 5) is 23.4. The monoisotopic (exact) mass is 304 g/mol. The summed E-state index contributed by atoms with van der Waals surface area (Å²) in [6.07, 6.45) is -0.0916. The van der Waals surface area contributed by atoms with Gasteiger partial charge in [-0.3, -0.25) is 4.79 Å². The minimum absolute atomic E-state index is 0.0916. The molecule has 2 amide bonds. The SMILES string of the molecule is CN(CCC(=O)O)C(=O)NCc1ccc(Cl)cc1Cl. The van der Waals surface area contributed by atoms with Crippen LogP contribution in [0.2, 0.25) is 10.0 Å². The molecule has 104 valence electrons. The molecule has 0 saturated carbocycles. The van der Waals surface area contributed by atoms with E-state index in [1.807, 2.05) is 0 Å². The van der Waals surface area contributed by atoms with Crippen molar-refractivity contribution in [3.05, 3.63) is 33.8 Å². The van der Waals surface area contributed by atoms with E-state index in [2.05, 4.69) is 5.32 Å². The molecule has 0 aliphatic heterocycles. The molecule has 0 fully saturated rings. The molecule has 0 unspecified atom stereocenters. The maximum Gasteiger partial charge on any atom is 0.317 e. The summed E-state index contributed by atoms with van der Waals surface area (Å²) in [5.74, 6) is -0.944. The zero-order valence-electron chi connectivity index (χ0n) is 10.3. The van der Waals surface area contributed by atoms with Crippen LogP contribution >= 0.6 is 23.2 Å². The van der Waals surface area contributed by atoms with Gasteiger partial charge in [0.05, 0.1) is 6.42 Å². The first-order valence-electron chi connectivity index (χ1n) is 5.55. The number of halogens is 2. The van der Waals surface area contributed by atoms with E-state index in [1.165, 1.54) is 11.9 Å². The molecular weight excluding hydrogens is 291 g/mol. The van der Waals surface area contributed by atoms with Crippen molar-refractivity contribution in [3.8, 4) is 0 Å². The van der Waals surface area contributed by atoms with Crippen LogP contribution < -0.4 is 5.32 Å². The standard InChI is InChI=1S/C12H14Cl2N2O3/c1-16(5-4-11(17)18)12(19)15-7-8-2-3-9(13)6-10(8)14/h2-3,6H,4-5,7H2,1H3,(H,15,19)(H,17,18). The van der Waals surface area contributed by atoms with E-state index in [9.17, 15) is 9.59 Å². The number of rotatable bonds is 5. The molecule has 7 heteroatoms. The summed E-state index contributed by atoms with van der Waals surface area (Å²) in [5.41, 5.74) is 0.742. The first kappa shape index (κ1) is 15.6. The summed E-state index contributed by atoms with van der Waals surface area (Å²) >= 11 is 11.7. The zero-order chi connectivity index (χ0) is 14.4. The topological polar surface area (TPSA) is 69.6 Å². The highest BCUT2D eigenvalue weighted by Crippen LogP contribution is 2.20. The second-order valence-corrected chi connectivity index (χ2v) is 4.80. The maximum atomic E-state index is 11.7. The minimum Gasteiger partial charge on any atom is -0.481 e. The minimum atomic E-state index is -0.944. The van der Waals surface area contributed by atoms with Gasteiger partial charge in [0.15, 0.2) is 0 Å². The molecule has 1 aromatic rings. The van der Waals surface area contributed by atoms with E-state index in [0.717, 1.165) is 5.56 Å². The summed E-state index contributed by atoms with van der Waals surface area (Å²) in [6.45, 7) is 0.405. The number of hydrogen-bond donors (Lipinski definition) is 2. The van der Waals surface area contributed by atoms with Gasteiger partial charge in [0.25, 0.3) is 0 Å². The fourth-order valence-corrected chi connectivity index (χ4v) is 1.81. The van der Waals surface area contributed by atoms with E-state index < -0.39 is 5.97 Å². The van der Waals surface area contributed by atoms with Crippen LogP contribution in [0.15, 0.2) is 18.2 Å². The van der Waals surface area contributed by atoms with Crippen molar-refractivity contribution in [1.82, 2.24) is 10.2 Å². The quantitative estimate of drug-likeness (QED) is 0.878. The van der Waals surface area contributed by atoms with Gasteiger partial charge in [-0.05, 0) is 17.7 Å². The molecule has 0 aliphatic carbocycles. The summed E-state index contributed by atoms with van der Waals surface area (Å²) < 4.78 is 0. The number of nitrogens with one attached hydrogen (secondary N) is 1. The molecule has 1 aromatic carbocycles. The van der Waals surface area contributed by atoms with Gasteiger partial charge in [-0.25, -0.2) is 4.79 Å². The molecule has 2 N–H and O–H groups in total. The number of amides is 2. The van der Waals surface area contributed by atoms with Crippen molar-refractivity contribution in [2.45, 2.75) is 13.0 Å². The molecule has 5 nitrogen and oxygen atoms in total. The van der Waals surface area contributed by atoms with E-state index >= 15 is 0 Å². The molecule has 0 atom stereocenters. The highest BCUT2D eigenvalue weighted by atomic mass is 35.5. The number of benzene rings is 1. The Hall–Kier alpha value is -1.46. The number of nitrogens with zero attached hydrogens (tertiary/aromatic N) is 1. The zero-order valence-corrected chi connectivity index (χ0v) is 11.8. The molecule has 0 heterocycles. The van der Waals surface area contributed by atoms with E-state index in [-0.39, 0.29) is 25.5 Å². The third-order valence-corrected chi connectivity index (χ3v) is 3.04. The van der Waals surface area contributed by atoms with Crippen LogP contribution in [-0.4, -0.2) is 35.6 Å². The fraction of sp³-hybridized carbons (Fsp3) is 0.333.